The lowest BCUT2D eigenvalue weighted by Gasteiger charge is -2.08. The number of anilines is 2. The van der Waals surface area contributed by atoms with Gasteiger partial charge in [-0.2, -0.15) is 0 Å². The molecule has 0 aliphatic carbocycles. The predicted molar refractivity (Wildman–Crippen MR) is 86.3 cm³/mol. The first kappa shape index (κ1) is 14.1. The van der Waals surface area contributed by atoms with E-state index in [0.717, 1.165) is 3.57 Å². The fourth-order valence-electron chi connectivity index (χ4n) is 1.57. The third-order valence-electron chi connectivity index (χ3n) is 2.45. The van der Waals surface area contributed by atoms with Crippen LogP contribution in [0.15, 0.2) is 48.5 Å². The molecule has 6 heteroatoms. The van der Waals surface area contributed by atoms with E-state index in [0.29, 0.717) is 16.9 Å². The molecule has 0 heterocycles. The van der Waals surface area contributed by atoms with Crippen LogP contribution in [0.2, 0.25) is 0 Å². The first-order valence-electron chi connectivity index (χ1n) is 5.55. The summed E-state index contributed by atoms with van der Waals surface area (Å²) in [4.78, 5) is 0. The molecular formula is C13H13IN2O2S. The van der Waals surface area contributed by atoms with E-state index in [4.69, 9.17) is 5.73 Å². The van der Waals surface area contributed by atoms with Gasteiger partial charge in [0.15, 0.2) is 0 Å². The zero-order chi connectivity index (χ0) is 13.9. The molecule has 2 aromatic rings. The van der Waals surface area contributed by atoms with Crippen molar-refractivity contribution in [2.75, 3.05) is 10.5 Å². The van der Waals surface area contributed by atoms with E-state index in [1.165, 1.54) is 0 Å². The van der Waals surface area contributed by atoms with Gasteiger partial charge in [0.2, 0.25) is 10.0 Å². The Hall–Kier alpha value is -1.28. The van der Waals surface area contributed by atoms with Crippen molar-refractivity contribution in [3.8, 4) is 0 Å². The quantitative estimate of drug-likeness (QED) is 0.625. The van der Waals surface area contributed by atoms with Crippen molar-refractivity contribution in [3.63, 3.8) is 0 Å². The normalized spacial score (nSPS) is 11.2. The van der Waals surface area contributed by atoms with E-state index >= 15 is 0 Å². The molecule has 0 bridgehead atoms. The van der Waals surface area contributed by atoms with Gasteiger partial charge in [-0.15, -0.1) is 0 Å². The SMILES string of the molecule is Nc1ccc(CS(=O)(=O)Nc2ccc(I)cc2)cc1. The van der Waals surface area contributed by atoms with Crippen molar-refractivity contribution in [1.29, 1.82) is 0 Å². The average Bonchev–Trinajstić information content (AvgIpc) is 2.34. The van der Waals surface area contributed by atoms with Crippen LogP contribution in [-0.4, -0.2) is 8.42 Å². The van der Waals surface area contributed by atoms with Crippen molar-refractivity contribution in [2.24, 2.45) is 0 Å². The van der Waals surface area contributed by atoms with Gasteiger partial charge in [0.05, 0.1) is 5.75 Å². The number of rotatable bonds is 4. The molecule has 0 atom stereocenters. The Bertz CT molecular complexity index is 599. The maximum absolute atomic E-state index is 12.0. The van der Waals surface area contributed by atoms with E-state index in [2.05, 4.69) is 27.3 Å². The standard InChI is InChI=1S/C13H13IN2O2S/c14-11-3-7-13(8-4-11)16-19(17,18)9-10-1-5-12(15)6-2-10/h1-8,16H,9,15H2. The van der Waals surface area contributed by atoms with Crippen LogP contribution >= 0.6 is 22.6 Å². The van der Waals surface area contributed by atoms with Gasteiger partial charge < -0.3 is 5.73 Å². The summed E-state index contributed by atoms with van der Waals surface area (Å²) in [7, 11) is -3.41. The van der Waals surface area contributed by atoms with Gasteiger partial charge >= 0.3 is 0 Å². The van der Waals surface area contributed by atoms with Gasteiger partial charge in [-0.05, 0) is 64.6 Å². The van der Waals surface area contributed by atoms with Gasteiger partial charge in [0.1, 0.15) is 0 Å². The van der Waals surface area contributed by atoms with Gasteiger partial charge in [0, 0.05) is 14.9 Å². The fourth-order valence-corrected chi connectivity index (χ4v) is 3.13. The maximum atomic E-state index is 12.0. The van der Waals surface area contributed by atoms with E-state index < -0.39 is 10.0 Å². The second-order valence-electron chi connectivity index (χ2n) is 4.11. The number of halogens is 1. The summed E-state index contributed by atoms with van der Waals surface area (Å²) >= 11 is 2.17. The number of nitrogen functional groups attached to an aromatic ring is 1. The topological polar surface area (TPSA) is 72.2 Å². The highest BCUT2D eigenvalue weighted by atomic mass is 127. The zero-order valence-electron chi connectivity index (χ0n) is 10.0. The van der Waals surface area contributed by atoms with Crippen LogP contribution in [0.25, 0.3) is 0 Å². The molecule has 19 heavy (non-hydrogen) atoms. The van der Waals surface area contributed by atoms with E-state index in [1.807, 2.05) is 12.1 Å². The third-order valence-corrected chi connectivity index (χ3v) is 4.43. The van der Waals surface area contributed by atoms with Crippen molar-refractivity contribution in [2.45, 2.75) is 5.75 Å². The molecule has 0 saturated carbocycles. The highest BCUT2D eigenvalue weighted by Crippen LogP contribution is 2.15. The highest BCUT2D eigenvalue weighted by Gasteiger charge is 2.11. The van der Waals surface area contributed by atoms with Crippen LogP contribution in [-0.2, 0) is 15.8 Å². The molecule has 2 rings (SSSR count). The molecule has 0 radical (unpaired) electrons. The average molecular weight is 388 g/mol. The van der Waals surface area contributed by atoms with Crippen molar-refractivity contribution < 1.29 is 8.42 Å². The molecule has 100 valence electrons. The molecule has 0 saturated heterocycles. The summed E-state index contributed by atoms with van der Waals surface area (Å²) in [5.41, 5.74) is 7.45. The number of hydrogen-bond donors (Lipinski definition) is 2. The van der Waals surface area contributed by atoms with Crippen LogP contribution in [0, 0.1) is 3.57 Å². The summed E-state index contributed by atoms with van der Waals surface area (Å²) in [6.07, 6.45) is 0. The molecule has 0 unspecified atom stereocenters. The maximum Gasteiger partial charge on any atom is 0.236 e. The monoisotopic (exact) mass is 388 g/mol. The first-order valence-corrected chi connectivity index (χ1v) is 8.28. The summed E-state index contributed by atoms with van der Waals surface area (Å²) in [6.45, 7) is 0. The molecule has 0 amide bonds. The molecule has 0 aliphatic heterocycles. The number of benzene rings is 2. The minimum absolute atomic E-state index is 0.0702. The summed E-state index contributed by atoms with van der Waals surface area (Å²) in [6, 6.07) is 14.0. The first-order chi connectivity index (χ1) is 8.94. The predicted octanol–water partition coefficient (Wildman–Crippen LogP) is 2.82. The van der Waals surface area contributed by atoms with Crippen molar-refractivity contribution >= 4 is 44.0 Å². The zero-order valence-corrected chi connectivity index (χ0v) is 13.0. The Morgan fingerprint density at radius 3 is 2.16 bits per heavy atom. The van der Waals surface area contributed by atoms with Crippen molar-refractivity contribution in [1.82, 2.24) is 0 Å². The van der Waals surface area contributed by atoms with Gasteiger partial charge in [-0.3, -0.25) is 4.72 Å². The molecule has 0 aliphatic rings. The van der Waals surface area contributed by atoms with Crippen LogP contribution < -0.4 is 10.5 Å². The molecule has 3 N–H and O–H groups in total. The molecular weight excluding hydrogens is 375 g/mol. The summed E-state index contributed by atoms with van der Waals surface area (Å²) in [5, 5.41) is 0. The molecule has 0 spiro atoms. The lowest BCUT2D eigenvalue weighted by Crippen LogP contribution is -2.15. The highest BCUT2D eigenvalue weighted by molar-refractivity contribution is 14.1. The van der Waals surface area contributed by atoms with Crippen LogP contribution in [0.5, 0.6) is 0 Å². The molecule has 2 aromatic carbocycles. The third kappa shape index (κ3) is 4.39. The van der Waals surface area contributed by atoms with E-state index in [-0.39, 0.29) is 5.75 Å². The molecule has 0 aromatic heterocycles. The number of sulfonamides is 1. The fraction of sp³-hybridized carbons (Fsp3) is 0.0769. The van der Waals surface area contributed by atoms with Gasteiger partial charge in [-0.25, -0.2) is 8.42 Å². The Kier molecular flexibility index (Phi) is 4.31. The molecule has 0 fully saturated rings. The smallest absolute Gasteiger partial charge is 0.236 e. The van der Waals surface area contributed by atoms with Gasteiger partial charge in [-0.1, -0.05) is 12.1 Å². The van der Waals surface area contributed by atoms with Crippen LogP contribution in [0.4, 0.5) is 11.4 Å². The Morgan fingerprint density at radius 1 is 1.00 bits per heavy atom. The number of nitrogens with one attached hydrogen (secondary N) is 1. The van der Waals surface area contributed by atoms with Crippen molar-refractivity contribution in [3.05, 3.63) is 57.7 Å². The number of nitrogens with two attached hydrogens (primary N) is 1. The van der Waals surface area contributed by atoms with Crippen LogP contribution in [0.1, 0.15) is 5.56 Å². The van der Waals surface area contributed by atoms with Crippen LogP contribution in [0.3, 0.4) is 0 Å². The Labute approximate surface area is 126 Å². The largest absolute Gasteiger partial charge is 0.399 e. The van der Waals surface area contributed by atoms with Gasteiger partial charge in [0.25, 0.3) is 0 Å². The second kappa shape index (κ2) is 5.79. The second-order valence-corrected chi connectivity index (χ2v) is 7.08. The molecule has 4 nitrogen and oxygen atoms in total. The summed E-state index contributed by atoms with van der Waals surface area (Å²) < 4.78 is 27.6. The minimum atomic E-state index is -3.41. The van der Waals surface area contributed by atoms with E-state index in [1.54, 1.807) is 36.4 Å². The minimum Gasteiger partial charge on any atom is -0.399 e. The number of hydrogen-bond acceptors (Lipinski definition) is 3. The Morgan fingerprint density at radius 2 is 1.58 bits per heavy atom. The lowest BCUT2D eigenvalue weighted by atomic mass is 10.2. The van der Waals surface area contributed by atoms with E-state index in [9.17, 15) is 8.42 Å². The Balaban J connectivity index is 2.10. The lowest BCUT2D eigenvalue weighted by molar-refractivity contribution is 0.600. The summed E-state index contributed by atoms with van der Waals surface area (Å²) in [5.74, 6) is -0.0702.